The fourth-order valence-electron chi connectivity index (χ4n) is 2.40. The lowest BCUT2D eigenvalue weighted by atomic mass is 10.2. The molecule has 9 nitrogen and oxygen atoms in total. The summed E-state index contributed by atoms with van der Waals surface area (Å²) in [5.74, 6) is -1.67. The van der Waals surface area contributed by atoms with E-state index in [1.807, 2.05) is 28.7 Å². The van der Waals surface area contributed by atoms with Gasteiger partial charge in [0, 0.05) is 16.0 Å². The lowest BCUT2D eigenvalue weighted by Crippen LogP contribution is -2.30. The smallest absolute Gasteiger partial charge is 0.312 e. The van der Waals surface area contributed by atoms with Crippen LogP contribution in [0.25, 0.3) is 11.0 Å². The van der Waals surface area contributed by atoms with Crippen LogP contribution < -0.4 is 10.8 Å². The number of pyridine rings is 1. The predicted molar refractivity (Wildman–Crippen MR) is 108 cm³/mol. The Kier molecular flexibility index (Phi) is 6.60. The van der Waals surface area contributed by atoms with Crippen molar-refractivity contribution in [3.63, 3.8) is 0 Å². The normalized spacial score (nSPS) is 11.8. The number of aromatic nitrogens is 1. The lowest BCUT2D eigenvalue weighted by molar-refractivity contribution is -0.0302. The maximum atomic E-state index is 14.3. The number of carbonyl (C=O) groups is 1. The zero-order valence-corrected chi connectivity index (χ0v) is 16.8. The summed E-state index contributed by atoms with van der Waals surface area (Å²) in [5.41, 5.74) is 2.43. The van der Waals surface area contributed by atoms with Gasteiger partial charge in [0.2, 0.25) is 5.76 Å². The topological polar surface area (TPSA) is 141 Å². The maximum Gasteiger partial charge on any atom is 0.312 e. The molecule has 1 amide bonds. The predicted octanol–water partition coefficient (Wildman–Crippen LogP) is 2.20. The Hall–Kier alpha value is -2.79. The summed E-state index contributed by atoms with van der Waals surface area (Å²) >= 11 is 1.96. The number of anilines is 2. The number of aliphatic hydroxyl groups excluding tert-OH is 2. The first-order valence-electron chi connectivity index (χ1n) is 8.18. The van der Waals surface area contributed by atoms with Crippen LogP contribution in [0.2, 0.25) is 0 Å². The molecule has 4 N–H and O–H groups in total. The molecule has 0 aliphatic rings. The van der Waals surface area contributed by atoms with Crippen LogP contribution in [0, 0.1) is 20.7 Å². The largest absolute Gasteiger partial charge is 0.447 e. The Morgan fingerprint density at radius 2 is 2.24 bits per heavy atom. The molecule has 0 unspecified atom stereocenters. The Morgan fingerprint density at radius 3 is 2.93 bits per heavy atom. The second-order valence-electron chi connectivity index (χ2n) is 5.81. The molecule has 2 aromatic heterocycles. The van der Waals surface area contributed by atoms with Gasteiger partial charge < -0.3 is 19.9 Å². The van der Waals surface area contributed by atoms with E-state index in [1.54, 1.807) is 6.07 Å². The van der Waals surface area contributed by atoms with E-state index < -0.39 is 24.4 Å². The minimum atomic E-state index is -1.18. The number of halogens is 2. The third-order valence-corrected chi connectivity index (χ3v) is 4.44. The molecular formula is C18H14FIN4O5. The summed E-state index contributed by atoms with van der Waals surface area (Å²) in [6.45, 7) is -0.904. The number of hydrogen-bond donors (Lipinski definition) is 4. The minimum absolute atomic E-state index is 0.0844. The van der Waals surface area contributed by atoms with Crippen LogP contribution in [-0.2, 0) is 4.84 Å². The highest BCUT2D eigenvalue weighted by atomic mass is 127. The number of rotatable bonds is 7. The molecule has 2 heterocycles. The molecule has 0 radical (unpaired) electrons. The van der Waals surface area contributed by atoms with E-state index in [1.165, 1.54) is 24.5 Å². The molecule has 0 aliphatic heterocycles. The number of nitriles is 1. The summed E-state index contributed by atoms with van der Waals surface area (Å²) in [6, 6.07) is 6.39. The number of hydrogen-bond acceptors (Lipinski definition) is 8. The number of nitrogens with one attached hydrogen (secondary N) is 2. The van der Waals surface area contributed by atoms with E-state index in [-0.39, 0.29) is 34.9 Å². The molecule has 0 saturated heterocycles. The fourth-order valence-corrected chi connectivity index (χ4v) is 2.86. The van der Waals surface area contributed by atoms with Gasteiger partial charge in [-0.25, -0.2) is 9.87 Å². The SMILES string of the molecule is N#Cc1cncc2c(Nc3ccc(I)cc3F)c(C(=O)NOC[C@H](O)CO)oc12. The molecule has 11 heteroatoms. The third-order valence-electron chi connectivity index (χ3n) is 3.77. The van der Waals surface area contributed by atoms with Gasteiger partial charge >= 0.3 is 5.91 Å². The summed E-state index contributed by atoms with van der Waals surface area (Å²) in [6.07, 6.45) is 1.47. The second kappa shape index (κ2) is 9.14. The molecule has 1 atom stereocenters. The number of amides is 1. The zero-order chi connectivity index (χ0) is 21.0. The monoisotopic (exact) mass is 512 g/mol. The van der Waals surface area contributed by atoms with Crippen molar-refractivity contribution in [1.82, 2.24) is 10.5 Å². The number of fused-ring (bicyclic) bond motifs is 1. The Balaban J connectivity index is 2.00. The van der Waals surface area contributed by atoms with Gasteiger partial charge in [-0.1, -0.05) is 0 Å². The summed E-state index contributed by atoms with van der Waals surface area (Å²) in [7, 11) is 0. The van der Waals surface area contributed by atoms with Gasteiger partial charge in [0.1, 0.15) is 35.8 Å². The first-order valence-corrected chi connectivity index (χ1v) is 9.26. The van der Waals surface area contributed by atoms with E-state index in [2.05, 4.69) is 15.8 Å². The number of carbonyl (C=O) groups excluding carboxylic acids is 1. The van der Waals surface area contributed by atoms with Crippen molar-refractivity contribution < 1.29 is 28.7 Å². The first kappa shape index (κ1) is 20.9. The van der Waals surface area contributed by atoms with E-state index in [0.717, 1.165) is 0 Å². The lowest BCUT2D eigenvalue weighted by Gasteiger charge is -2.10. The Morgan fingerprint density at radius 1 is 1.45 bits per heavy atom. The van der Waals surface area contributed by atoms with Crippen LogP contribution >= 0.6 is 22.6 Å². The van der Waals surface area contributed by atoms with Crippen LogP contribution in [0.3, 0.4) is 0 Å². The van der Waals surface area contributed by atoms with Crippen molar-refractivity contribution in [1.29, 1.82) is 5.26 Å². The molecule has 0 aliphatic carbocycles. The summed E-state index contributed by atoms with van der Waals surface area (Å²) in [5, 5.41) is 30.4. The second-order valence-corrected chi connectivity index (χ2v) is 7.06. The van der Waals surface area contributed by atoms with Gasteiger partial charge in [0.05, 0.1) is 17.7 Å². The van der Waals surface area contributed by atoms with Gasteiger partial charge in [0.25, 0.3) is 0 Å². The standard InChI is InChI=1S/C18H14FIN4O5/c19-13-3-10(20)1-2-14(13)23-15-12-6-22-5-9(4-21)16(12)29-17(15)18(27)24-28-8-11(26)7-25/h1-3,5-6,11,23,25-26H,7-8H2,(H,24,27)/t11-/m1/s1. The number of nitrogens with zero attached hydrogens (tertiary/aromatic N) is 2. The van der Waals surface area contributed by atoms with Crippen LogP contribution in [0.15, 0.2) is 35.0 Å². The molecule has 0 bridgehead atoms. The van der Waals surface area contributed by atoms with E-state index in [9.17, 15) is 19.6 Å². The average Bonchev–Trinajstić information content (AvgIpc) is 3.08. The number of aliphatic hydroxyl groups is 2. The number of hydroxylamine groups is 1. The molecule has 3 rings (SSSR count). The molecule has 0 fully saturated rings. The third kappa shape index (κ3) is 4.62. The summed E-state index contributed by atoms with van der Waals surface area (Å²) in [4.78, 5) is 21.3. The number of benzene rings is 1. The first-order chi connectivity index (χ1) is 13.9. The molecule has 0 saturated carbocycles. The Bertz CT molecular complexity index is 1100. The summed E-state index contributed by atoms with van der Waals surface area (Å²) < 4.78 is 20.5. The Labute approximate surface area is 177 Å². The minimum Gasteiger partial charge on any atom is -0.447 e. The molecule has 0 spiro atoms. The van der Waals surface area contributed by atoms with Gasteiger partial charge in [-0.15, -0.1) is 0 Å². The van der Waals surface area contributed by atoms with Gasteiger partial charge in [-0.2, -0.15) is 5.26 Å². The van der Waals surface area contributed by atoms with Gasteiger partial charge in [-0.05, 0) is 40.8 Å². The van der Waals surface area contributed by atoms with Crippen LogP contribution in [0.5, 0.6) is 0 Å². The zero-order valence-electron chi connectivity index (χ0n) is 14.6. The molecular weight excluding hydrogens is 498 g/mol. The van der Waals surface area contributed by atoms with Crippen LogP contribution in [0.1, 0.15) is 16.1 Å². The van der Waals surface area contributed by atoms with Gasteiger partial charge in [-0.3, -0.25) is 14.6 Å². The van der Waals surface area contributed by atoms with Gasteiger partial charge in [0.15, 0.2) is 5.58 Å². The van der Waals surface area contributed by atoms with Crippen molar-refractivity contribution in [3.8, 4) is 6.07 Å². The quantitative estimate of drug-likeness (QED) is 0.279. The van der Waals surface area contributed by atoms with Crippen molar-refractivity contribution >= 4 is 50.8 Å². The van der Waals surface area contributed by atoms with E-state index >= 15 is 0 Å². The van der Waals surface area contributed by atoms with E-state index in [0.29, 0.717) is 8.96 Å². The fraction of sp³-hybridized carbons (Fsp3) is 0.167. The molecule has 3 aromatic rings. The highest BCUT2D eigenvalue weighted by Crippen LogP contribution is 2.35. The van der Waals surface area contributed by atoms with Crippen molar-refractivity contribution in [2.75, 3.05) is 18.5 Å². The number of furan rings is 1. The molecule has 150 valence electrons. The molecule has 29 heavy (non-hydrogen) atoms. The van der Waals surface area contributed by atoms with Crippen LogP contribution in [0.4, 0.5) is 15.8 Å². The average molecular weight is 512 g/mol. The highest BCUT2D eigenvalue weighted by molar-refractivity contribution is 14.1. The van der Waals surface area contributed by atoms with Crippen molar-refractivity contribution in [2.24, 2.45) is 0 Å². The van der Waals surface area contributed by atoms with Crippen molar-refractivity contribution in [2.45, 2.75) is 6.10 Å². The highest BCUT2D eigenvalue weighted by Gasteiger charge is 2.24. The van der Waals surface area contributed by atoms with E-state index in [4.69, 9.17) is 14.4 Å². The van der Waals surface area contributed by atoms with Crippen LogP contribution in [-0.4, -0.2) is 40.4 Å². The molecule has 1 aromatic carbocycles. The maximum absolute atomic E-state index is 14.3. The van der Waals surface area contributed by atoms with Crippen molar-refractivity contribution in [3.05, 3.63) is 51.3 Å².